The molecule has 0 bridgehead atoms. The molecule has 2 N–H and O–H groups in total. The van der Waals surface area contributed by atoms with Gasteiger partial charge in [-0.1, -0.05) is 12.8 Å². The van der Waals surface area contributed by atoms with Crippen molar-refractivity contribution in [3.8, 4) is 0 Å². The van der Waals surface area contributed by atoms with Gasteiger partial charge in [0.1, 0.15) is 0 Å². The Labute approximate surface area is 124 Å². The maximum absolute atomic E-state index is 12.3. The van der Waals surface area contributed by atoms with Crippen LogP contribution in [0.2, 0.25) is 0 Å². The highest BCUT2D eigenvalue weighted by atomic mass is 16.4. The van der Waals surface area contributed by atoms with E-state index in [4.69, 9.17) is 5.11 Å². The molecule has 0 unspecified atom stereocenters. The number of rotatable bonds is 5. The smallest absolute Gasteiger partial charge is 0.322 e. The van der Waals surface area contributed by atoms with Crippen molar-refractivity contribution in [1.29, 1.82) is 0 Å². The lowest BCUT2D eigenvalue weighted by Gasteiger charge is -2.27. The lowest BCUT2D eigenvalue weighted by Crippen LogP contribution is -2.41. The molecule has 1 aliphatic rings. The van der Waals surface area contributed by atoms with Crippen LogP contribution in [0.15, 0.2) is 18.3 Å². The molecule has 21 heavy (non-hydrogen) atoms. The number of nitrogens with zero attached hydrogens (tertiary/aromatic N) is 2. The van der Waals surface area contributed by atoms with Crippen LogP contribution in [0.5, 0.6) is 0 Å². The number of hydrogen-bond acceptors (Lipinski definition) is 3. The molecule has 1 aromatic heterocycles. The average molecular weight is 291 g/mol. The fourth-order valence-corrected chi connectivity index (χ4v) is 2.74. The third-order valence-corrected chi connectivity index (χ3v) is 3.78. The van der Waals surface area contributed by atoms with Gasteiger partial charge < -0.3 is 15.3 Å². The molecule has 6 heteroatoms. The van der Waals surface area contributed by atoms with E-state index in [1.807, 2.05) is 11.8 Å². The predicted octanol–water partition coefficient (Wildman–Crippen LogP) is 2.51. The van der Waals surface area contributed by atoms with Gasteiger partial charge in [-0.3, -0.25) is 9.78 Å². The molecule has 2 amide bonds. The topological polar surface area (TPSA) is 82.5 Å². The highest BCUT2D eigenvalue weighted by molar-refractivity contribution is 5.89. The summed E-state index contributed by atoms with van der Waals surface area (Å²) in [6, 6.07) is 3.52. The number of carbonyl (C=O) groups is 2. The largest absolute Gasteiger partial charge is 0.481 e. The molecular formula is C15H21N3O3. The summed E-state index contributed by atoms with van der Waals surface area (Å²) in [6.45, 7) is 2.66. The molecule has 0 radical (unpaired) electrons. The standard InChI is InChI=1S/C15H21N3O3/c1-2-18(13-5-3-4-6-13)15(21)17-12-8-7-11(16-10-12)9-14(19)20/h7-8,10,13H,2-6,9H2,1H3,(H,17,21)(H,19,20). The van der Waals surface area contributed by atoms with Gasteiger partial charge in [0.25, 0.3) is 0 Å². The summed E-state index contributed by atoms with van der Waals surface area (Å²) in [5.74, 6) is -0.919. The van der Waals surface area contributed by atoms with Crippen LogP contribution in [0.25, 0.3) is 0 Å². The van der Waals surface area contributed by atoms with Gasteiger partial charge in [0.05, 0.1) is 24.0 Å². The normalized spacial score (nSPS) is 14.9. The number of aliphatic carboxylic acids is 1. The number of carboxylic acid groups (broad SMARTS) is 1. The van der Waals surface area contributed by atoms with E-state index in [0.717, 1.165) is 12.8 Å². The number of anilines is 1. The molecule has 0 aliphatic heterocycles. The van der Waals surface area contributed by atoms with E-state index in [1.165, 1.54) is 19.0 Å². The number of carbonyl (C=O) groups excluding carboxylic acids is 1. The highest BCUT2D eigenvalue weighted by Gasteiger charge is 2.25. The lowest BCUT2D eigenvalue weighted by atomic mass is 10.2. The van der Waals surface area contributed by atoms with E-state index >= 15 is 0 Å². The van der Waals surface area contributed by atoms with Gasteiger partial charge in [-0.2, -0.15) is 0 Å². The van der Waals surface area contributed by atoms with Crippen LogP contribution in [0, 0.1) is 0 Å². The molecule has 0 spiro atoms. The molecule has 1 heterocycles. The van der Waals surface area contributed by atoms with E-state index < -0.39 is 5.97 Å². The first-order valence-electron chi connectivity index (χ1n) is 7.34. The van der Waals surface area contributed by atoms with Crippen molar-refractivity contribution in [3.63, 3.8) is 0 Å². The average Bonchev–Trinajstić information content (AvgIpc) is 2.95. The summed E-state index contributed by atoms with van der Waals surface area (Å²) in [5, 5.41) is 11.5. The van der Waals surface area contributed by atoms with Crippen molar-refractivity contribution in [3.05, 3.63) is 24.0 Å². The van der Waals surface area contributed by atoms with E-state index in [0.29, 0.717) is 24.0 Å². The van der Waals surface area contributed by atoms with Crippen LogP contribution >= 0.6 is 0 Å². The number of nitrogens with one attached hydrogen (secondary N) is 1. The number of amides is 2. The fraction of sp³-hybridized carbons (Fsp3) is 0.533. The van der Waals surface area contributed by atoms with E-state index in [-0.39, 0.29) is 12.5 Å². The predicted molar refractivity (Wildman–Crippen MR) is 79.2 cm³/mol. The Kier molecular flexibility index (Phi) is 5.14. The third-order valence-electron chi connectivity index (χ3n) is 3.78. The van der Waals surface area contributed by atoms with Crippen LogP contribution in [0.1, 0.15) is 38.3 Å². The minimum atomic E-state index is -0.919. The Balaban J connectivity index is 1.96. The molecule has 2 rings (SSSR count). The quantitative estimate of drug-likeness (QED) is 0.873. The molecule has 114 valence electrons. The Morgan fingerprint density at radius 1 is 1.38 bits per heavy atom. The summed E-state index contributed by atoms with van der Waals surface area (Å²) in [5.41, 5.74) is 1.06. The molecule has 0 saturated heterocycles. The molecule has 0 atom stereocenters. The molecule has 0 aromatic carbocycles. The first-order chi connectivity index (χ1) is 10.1. The van der Waals surface area contributed by atoms with Crippen molar-refractivity contribution in [2.45, 2.75) is 45.1 Å². The Morgan fingerprint density at radius 3 is 2.62 bits per heavy atom. The summed E-state index contributed by atoms with van der Waals surface area (Å²) < 4.78 is 0. The van der Waals surface area contributed by atoms with Crippen molar-refractivity contribution < 1.29 is 14.7 Å². The SMILES string of the molecule is CCN(C(=O)Nc1ccc(CC(=O)O)nc1)C1CCCC1. The Bertz CT molecular complexity index is 495. The van der Waals surface area contributed by atoms with Crippen LogP contribution in [-0.2, 0) is 11.2 Å². The second-order valence-electron chi connectivity index (χ2n) is 5.26. The van der Waals surface area contributed by atoms with E-state index in [2.05, 4.69) is 10.3 Å². The van der Waals surface area contributed by atoms with Crippen molar-refractivity contribution >= 4 is 17.7 Å². The van der Waals surface area contributed by atoms with Crippen LogP contribution in [0.4, 0.5) is 10.5 Å². The zero-order chi connectivity index (χ0) is 15.2. The van der Waals surface area contributed by atoms with Gasteiger partial charge in [0.2, 0.25) is 0 Å². The lowest BCUT2D eigenvalue weighted by molar-refractivity contribution is -0.136. The summed E-state index contributed by atoms with van der Waals surface area (Å²) >= 11 is 0. The van der Waals surface area contributed by atoms with Crippen LogP contribution in [0.3, 0.4) is 0 Å². The van der Waals surface area contributed by atoms with Crippen molar-refractivity contribution in [1.82, 2.24) is 9.88 Å². The second-order valence-corrected chi connectivity index (χ2v) is 5.26. The summed E-state index contributed by atoms with van der Waals surface area (Å²) in [7, 11) is 0. The minimum absolute atomic E-state index is 0.114. The third kappa shape index (κ3) is 4.18. The number of aromatic nitrogens is 1. The van der Waals surface area contributed by atoms with E-state index in [1.54, 1.807) is 12.1 Å². The molecule has 1 aliphatic carbocycles. The maximum Gasteiger partial charge on any atom is 0.322 e. The minimum Gasteiger partial charge on any atom is -0.481 e. The van der Waals surface area contributed by atoms with Gasteiger partial charge >= 0.3 is 12.0 Å². The zero-order valence-electron chi connectivity index (χ0n) is 12.2. The Hall–Kier alpha value is -2.11. The summed E-state index contributed by atoms with van der Waals surface area (Å²) in [6.07, 6.45) is 5.88. The zero-order valence-corrected chi connectivity index (χ0v) is 12.2. The van der Waals surface area contributed by atoms with Crippen LogP contribution in [-0.4, -0.2) is 39.6 Å². The Morgan fingerprint density at radius 2 is 2.10 bits per heavy atom. The fourth-order valence-electron chi connectivity index (χ4n) is 2.74. The molecule has 1 saturated carbocycles. The van der Waals surface area contributed by atoms with Gasteiger partial charge in [-0.15, -0.1) is 0 Å². The molecule has 1 aromatic rings. The molecular weight excluding hydrogens is 270 g/mol. The number of urea groups is 1. The van der Waals surface area contributed by atoms with Gasteiger partial charge in [-0.25, -0.2) is 4.79 Å². The first kappa shape index (κ1) is 15.3. The summed E-state index contributed by atoms with van der Waals surface area (Å²) in [4.78, 5) is 28.8. The second kappa shape index (κ2) is 7.06. The van der Waals surface area contributed by atoms with Crippen molar-refractivity contribution in [2.75, 3.05) is 11.9 Å². The number of pyridine rings is 1. The van der Waals surface area contributed by atoms with Crippen LogP contribution < -0.4 is 5.32 Å². The highest BCUT2D eigenvalue weighted by Crippen LogP contribution is 2.24. The molecule has 1 fully saturated rings. The number of hydrogen-bond donors (Lipinski definition) is 2. The maximum atomic E-state index is 12.3. The van der Waals surface area contributed by atoms with Gasteiger partial charge in [0, 0.05) is 12.6 Å². The monoisotopic (exact) mass is 291 g/mol. The van der Waals surface area contributed by atoms with Crippen molar-refractivity contribution in [2.24, 2.45) is 0 Å². The van der Waals surface area contributed by atoms with Gasteiger partial charge in [0.15, 0.2) is 0 Å². The van der Waals surface area contributed by atoms with E-state index in [9.17, 15) is 9.59 Å². The first-order valence-corrected chi connectivity index (χ1v) is 7.34. The van der Waals surface area contributed by atoms with Gasteiger partial charge in [-0.05, 0) is 31.9 Å². The number of carboxylic acids is 1. The molecule has 6 nitrogen and oxygen atoms in total.